The lowest BCUT2D eigenvalue weighted by molar-refractivity contribution is -0.384. The van der Waals surface area contributed by atoms with Gasteiger partial charge in [0.15, 0.2) is 0 Å². The lowest BCUT2D eigenvalue weighted by atomic mass is 10.2. The highest BCUT2D eigenvalue weighted by Gasteiger charge is 2.24. The summed E-state index contributed by atoms with van der Waals surface area (Å²) in [6, 6.07) is 6.16. The van der Waals surface area contributed by atoms with Crippen molar-refractivity contribution in [3.8, 4) is 0 Å². The smallest absolute Gasteiger partial charge is 0.271 e. The molecule has 2 aromatic rings. The molecule has 0 bridgehead atoms. The van der Waals surface area contributed by atoms with E-state index in [1.165, 1.54) is 30.0 Å². The van der Waals surface area contributed by atoms with Crippen LogP contribution in [0.2, 0.25) is 0 Å². The molecule has 1 saturated carbocycles. The number of nitrogens with one attached hydrogen (secondary N) is 1. The molecule has 0 saturated heterocycles. The summed E-state index contributed by atoms with van der Waals surface area (Å²) in [6.45, 7) is 1.75. The Morgan fingerprint density at radius 1 is 1.44 bits per heavy atom. The number of carbonyl (C=O) groups is 1. The molecule has 1 aromatic carbocycles. The quantitative estimate of drug-likeness (QED) is 0.477. The van der Waals surface area contributed by atoms with Gasteiger partial charge in [0.25, 0.3) is 5.69 Å². The average Bonchev–Trinajstić information content (AvgIpc) is 3.26. The van der Waals surface area contributed by atoms with Crippen LogP contribution >= 0.6 is 11.8 Å². The Kier molecular flexibility index (Phi) is 5.27. The van der Waals surface area contributed by atoms with Gasteiger partial charge in [0.2, 0.25) is 11.1 Å². The number of nitro groups is 1. The summed E-state index contributed by atoms with van der Waals surface area (Å²) in [7, 11) is 0. The second kappa shape index (κ2) is 7.60. The number of rotatable bonds is 6. The molecule has 1 unspecified atom stereocenters. The normalized spacial score (nSPS) is 15.9. The predicted molar refractivity (Wildman–Crippen MR) is 92.4 cm³/mol. The van der Waals surface area contributed by atoms with Crippen molar-refractivity contribution < 1.29 is 9.72 Å². The van der Waals surface area contributed by atoms with Crippen LogP contribution in [0.4, 0.5) is 11.4 Å². The van der Waals surface area contributed by atoms with Crippen LogP contribution in [0.5, 0.6) is 0 Å². The van der Waals surface area contributed by atoms with E-state index >= 15 is 0 Å². The maximum absolute atomic E-state index is 12.4. The van der Waals surface area contributed by atoms with E-state index in [0.717, 1.165) is 25.7 Å². The molecule has 10 heteroatoms. The second-order valence-electron chi connectivity index (χ2n) is 5.90. The van der Waals surface area contributed by atoms with Crippen molar-refractivity contribution in [2.24, 2.45) is 0 Å². The fourth-order valence-corrected chi connectivity index (χ4v) is 3.65. The number of non-ortho nitro benzene ring substituents is 1. The first-order valence-corrected chi connectivity index (χ1v) is 8.92. The summed E-state index contributed by atoms with van der Waals surface area (Å²) >= 11 is 1.28. The molecule has 1 aromatic heterocycles. The van der Waals surface area contributed by atoms with E-state index in [1.807, 2.05) is 0 Å². The first-order valence-electron chi connectivity index (χ1n) is 8.04. The highest BCUT2D eigenvalue weighted by atomic mass is 32.2. The molecule has 132 valence electrons. The van der Waals surface area contributed by atoms with E-state index in [0.29, 0.717) is 16.9 Å². The number of amides is 1. The molecule has 1 heterocycles. The standard InChI is InChI=1S/C15H18N6O3S/c1-10(14(22)16-11-5-4-8-13(9-11)21(23)24)25-15-17-18-19-20(15)12-6-2-3-7-12/h4-5,8-10,12H,2-3,6-7H2,1H3,(H,16,22). The van der Waals surface area contributed by atoms with Gasteiger partial charge in [-0.05, 0) is 36.3 Å². The van der Waals surface area contributed by atoms with Gasteiger partial charge in [-0.1, -0.05) is 30.7 Å². The molecule has 0 spiro atoms. The summed E-state index contributed by atoms with van der Waals surface area (Å²) in [5.74, 6) is -0.258. The van der Waals surface area contributed by atoms with Crippen LogP contribution in [-0.2, 0) is 4.79 Å². The van der Waals surface area contributed by atoms with Crippen LogP contribution < -0.4 is 5.32 Å². The van der Waals surface area contributed by atoms with E-state index in [1.54, 1.807) is 17.7 Å². The minimum atomic E-state index is -0.496. The van der Waals surface area contributed by atoms with E-state index in [4.69, 9.17) is 0 Å². The van der Waals surface area contributed by atoms with Gasteiger partial charge in [-0.3, -0.25) is 14.9 Å². The Bertz CT molecular complexity index is 774. The average molecular weight is 362 g/mol. The Labute approximate surface area is 148 Å². The lowest BCUT2D eigenvalue weighted by Crippen LogP contribution is -2.23. The number of thioether (sulfide) groups is 1. The third-order valence-electron chi connectivity index (χ3n) is 4.11. The van der Waals surface area contributed by atoms with Crippen molar-refractivity contribution in [1.29, 1.82) is 0 Å². The molecule has 0 radical (unpaired) electrons. The van der Waals surface area contributed by atoms with Gasteiger partial charge in [-0.2, -0.15) is 0 Å². The number of hydrogen-bond donors (Lipinski definition) is 1. The third kappa shape index (κ3) is 4.13. The van der Waals surface area contributed by atoms with Crippen molar-refractivity contribution in [3.05, 3.63) is 34.4 Å². The highest BCUT2D eigenvalue weighted by molar-refractivity contribution is 8.00. The van der Waals surface area contributed by atoms with E-state index < -0.39 is 10.2 Å². The van der Waals surface area contributed by atoms with Gasteiger partial charge in [-0.15, -0.1) is 5.10 Å². The van der Waals surface area contributed by atoms with Crippen LogP contribution in [-0.4, -0.2) is 36.3 Å². The largest absolute Gasteiger partial charge is 0.325 e. The maximum Gasteiger partial charge on any atom is 0.271 e. The molecular formula is C15H18N6O3S. The summed E-state index contributed by atoms with van der Waals surface area (Å²) < 4.78 is 1.80. The molecule has 1 aliphatic rings. The fourth-order valence-electron chi connectivity index (χ4n) is 2.79. The number of carbonyl (C=O) groups excluding carboxylic acids is 1. The zero-order valence-electron chi connectivity index (χ0n) is 13.7. The molecule has 1 fully saturated rings. The molecule has 1 aliphatic carbocycles. The fraction of sp³-hybridized carbons (Fsp3) is 0.467. The number of anilines is 1. The molecule has 9 nitrogen and oxygen atoms in total. The lowest BCUT2D eigenvalue weighted by Gasteiger charge is -2.14. The molecule has 3 rings (SSSR count). The summed E-state index contributed by atoms with van der Waals surface area (Å²) in [5.41, 5.74) is 0.324. The SMILES string of the molecule is CC(Sc1nnnn1C1CCCC1)C(=O)Nc1cccc([N+](=O)[O-])c1. The number of aromatic nitrogens is 4. The second-order valence-corrected chi connectivity index (χ2v) is 7.21. The van der Waals surface area contributed by atoms with E-state index in [2.05, 4.69) is 20.8 Å². The number of nitrogens with zero attached hydrogens (tertiary/aromatic N) is 5. The molecule has 1 atom stereocenters. The minimum Gasteiger partial charge on any atom is -0.325 e. The van der Waals surface area contributed by atoms with Gasteiger partial charge in [0.1, 0.15) is 0 Å². The van der Waals surface area contributed by atoms with Crippen molar-refractivity contribution in [3.63, 3.8) is 0 Å². The minimum absolute atomic E-state index is 0.0664. The zero-order chi connectivity index (χ0) is 17.8. The third-order valence-corrected chi connectivity index (χ3v) is 5.16. The van der Waals surface area contributed by atoms with Gasteiger partial charge in [0.05, 0.1) is 16.2 Å². The first kappa shape index (κ1) is 17.3. The molecule has 25 heavy (non-hydrogen) atoms. The van der Waals surface area contributed by atoms with Gasteiger partial charge in [0, 0.05) is 17.8 Å². The molecular weight excluding hydrogens is 344 g/mol. The van der Waals surface area contributed by atoms with Crippen molar-refractivity contribution >= 4 is 29.0 Å². The number of nitro benzene ring substituents is 1. The summed E-state index contributed by atoms with van der Waals surface area (Å²) in [4.78, 5) is 22.7. The Hall–Kier alpha value is -2.49. The topological polar surface area (TPSA) is 116 Å². The van der Waals surface area contributed by atoms with Crippen LogP contribution in [0.3, 0.4) is 0 Å². The molecule has 1 N–H and O–H groups in total. The monoisotopic (exact) mass is 362 g/mol. The van der Waals surface area contributed by atoms with Crippen molar-refractivity contribution in [1.82, 2.24) is 20.2 Å². The van der Waals surface area contributed by atoms with Crippen LogP contribution in [0.1, 0.15) is 38.6 Å². The number of benzene rings is 1. The van der Waals surface area contributed by atoms with Crippen LogP contribution in [0, 0.1) is 10.1 Å². The van der Waals surface area contributed by atoms with E-state index in [9.17, 15) is 14.9 Å². The Morgan fingerprint density at radius 2 is 2.20 bits per heavy atom. The highest BCUT2D eigenvalue weighted by Crippen LogP contribution is 2.32. The number of hydrogen-bond acceptors (Lipinski definition) is 7. The molecule has 1 amide bonds. The van der Waals surface area contributed by atoms with Crippen LogP contribution in [0.25, 0.3) is 0 Å². The van der Waals surface area contributed by atoms with Gasteiger partial charge < -0.3 is 5.32 Å². The van der Waals surface area contributed by atoms with Crippen molar-refractivity contribution in [2.75, 3.05) is 5.32 Å². The predicted octanol–water partition coefficient (Wildman–Crippen LogP) is 2.82. The Balaban J connectivity index is 1.64. The van der Waals surface area contributed by atoms with Crippen LogP contribution in [0.15, 0.2) is 29.4 Å². The molecule has 0 aliphatic heterocycles. The summed E-state index contributed by atoms with van der Waals surface area (Å²) in [6.07, 6.45) is 4.43. The van der Waals surface area contributed by atoms with Crippen molar-refractivity contribution in [2.45, 2.75) is 49.1 Å². The maximum atomic E-state index is 12.4. The van der Waals surface area contributed by atoms with E-state index in [-0.39, 0.29) is 11.6 Å². The zero-order valence-corrected chi connectivity index (χ0v) is 14.5. The number of tetrazole rings is 1. The Morgan fingerprint density at radius 3 is 2.92 bits per heavy atom. The van der Waals surface area contributed by atoms with Gasteiger partial charge in [-0.25, -0.2) is 4.68 Å². The first-order chi connectivity index (χ1) is 12.0. The summed E-state index contributed by atoms with van der Waals surface area (Å²) in [5, 5.41) is 25.5. The van der Waals surface area contributed by atoms with Gasteiger partial charge >= 0.3 is 0 Å².